The maximum atomic E-state index is 13.8. The number of aromatic nitrogens is 1. The normalized spacial score (nSPS) is 17.9. The lowest BCUT2D eigenvalue weighted by Gasteiger charge is -2.37. The van der Waals surface area contributed by atoms with Crippen LogP contribution in [0.25, 0.3) is 11.1 Å². The van der Waals surface area contributed by atoms with E-state index in [1.54, 1.807) is 68.5 Å². The van der Waals surface area contributed by atoms with E-state index in [1.165, 1.54) is 35.5 Å². The topological polar surface area (TPSA) is 130 Å². The summed E-state index contributed by atoms with van der Waals surface area (Å²) >= 11 is 0. The SMILES string of the molecule is COc1cccc(S(=O)(=O)N(C)C[C@H]2Oc3ncc(-c4cccc(C(=O)N(C)C)c4)cc3C(=O)N([C@H](C)CO)C[C@H]2C)c1. The third kappa shape index (κ3) is 6.82. The standard InChI is InChI=1S/C31H38N4O7S/c1-20-17-35(21(2)19-36)31(38)27-14-24(22-9-7-10-23(13-22)30(37)33(3)4)16-32-29(27)42-28(20)18-34(5)43(39,40)26-12-8-11-25(15-26)41-6/h7-16,20-21,28,36H,17-19H2,1-6H3/t20-,21-,28-/m1/s1. The van der Waals surface area contributed by atoms with E-state index in [9.17, 15) is 23.1 Å². The molecule has 12 heteroatoms. The number of carbonyl (C=O) groups excluding carboxylic acids is 2. The maximum absolute atomic E-state index is 13.8. The van der Waals surface area contributed by atoms with Crippen molar-refractivity contribution in [3.63, 3.8) is 0 Å². The van der Waals surface area contributed by atoms with Gasteiger partial charge in [-0.25, -0.2) is 13.4 Å². The summed E-state index contributed by atoms with van der Waals surface area (Å²) in [7, 11) is 2.39. The van der Waals surface area contributed by atoms with Gasteiger partial charge in [0.15, 0.2) is 0 Å². The second-order valence-corrected chi connectivity index (χ2v) is 13.0. The van der Waals surface area contributed by atoms with Crippen LogP contribution < -0.4 is 9.47 Å². The molecule has 3 atom stereocenters. The number of benzene rings is 2. The van der Waals surface area contributed by atoms with Gasteiger partial charge in [-0.1, -0.05) is 25.1 Å². The van der Waals surface area contributed by atoms with E-state index in [0.717, 1.165) is 0 Å². The molecule has 0 saturated heterocycles. The number of hydrogen-bond acceptors (Lipinski definition) is 8. The van der Waals surface area contributed by atoms with Gasteiger partial charge < -0.3 is 24.4 Å². The van der Waals surface area contributed by atoms with E-state index in [0.29, 0.717) is 22.4 Å². The fourth-order valence-electron chi connectivity index (χ4n) is 4.86. The number of fused-ring (bicyclic) bond motifs is 1. The highest BCUT2D eigenvalue weighted by Crippen LogP contribution is 2.31. The molecule has 1 aromatic heterocycles. The molecule has 0 spiro atoms. The first kappa shape index (κ1) is 31.9. The van der Waals surface area contributed by atoms with Crippen molar-refractivity contribution < 1.29 is 32.6 Å². The fourth-order valence-corrected chi connectivity index (χ4v) is 6.08. The number of aliphatic hydroxyl groups is 1. The fraction of sp³-hybridized carbons (Fsp3) is 0.387. The van der Waals surface area contributed by atoms with E-state index in [4.69, 9.17) is 9.47 Å². The molecule has 0 bridgehead atoms. The molecule has 1 aliphatic heterocycles. The van der Waals surface area contributed by atoms with Gasteiger partial charge >= 0.3 is 0 Å². The molecule has 0 fully saturated rings. The highest BCUT2D eigenvalue weighted by atomic mass is 32.2. The lowest BCUT2D eigenvalue weighted by Crippen LogP contribution is -2.50. The highest BCUT2D eigenvalue weighted by Gasteiger charge is 2.36. The van der Waals surface area contributed by atoms with Gasteiger partial charge in [-0.05, 0) is 42.8 Å². The Bertz CT molecular complexity index is 1590. The van der Waals surface area contributed by atoms with Crippen molar-refractivity contribution in [1.29, 1.82) is 0 Å². The van der Waals surface area contributed by atoms with Crippen molar-refractivity contribution in [2.45, 2.75) is 30.9 Å². The quantitative estimate of drug-likeness (QED) is 0.392. The van der Waals surface area contributed by atoms with Gasteiger partial charge in [0, 0.05) is 57.0 Å². The first-order valence-corrected chi connectivity index (χ1v) is 15.3. The van der Waals surface area contributed by atoms with Crippen LogP contribution in [0.15, 0.2) is 65.7 Å². The van der Waals surface area contributed by atoms with Crippen LogP contribution in [-0.4, -0.2) is 105 Å². The number of nitrogens with zero attached hydrogens (tertiary/aromatic N) is 4. The molecule has 4 rings (SSSR count). The molecule has 43 heavy (non-hydrogen) atoms. The van der Waals surface area contributed by atoms with Crippen molar-refractivity contribution in [3.8, 4) is 22.8 Å². The molecule has 0 saturated carbocycles. The number of ether oxygens (including phenoxy) is 2. The molecule has 0 aliphatic carbocycles. The second-order valence-electron chi connectivity index (χ2n) is 10.9. The van der Waals surface area contributed by atoms with Gasteiger partial charge in [0.05, 0.1) is 31.2 Å². The molecule has 2 aromatic carbocycles. The minimum Gasteiger partial charge on any atom is -0.497 e. The molecule has 11 nitrogen and oxygen atoms in total. The lowest BCUT2D eigenvalue weighted by molar-refractivity contribution is 0.0373. The zero-order valence-electron chi connectivity index (χ0n) is 25.2. The van der Waals surface area contributed by atoms with Gasteiger partial charge in [0.1, 0.15) is 17.4 Å². The summed E-state index contributed by atoms with van der Waals surface area (Å²) < 4.78 is 39.6. The van der Waals surface area contributed by atoms with Crippen LogP contribution in [0.5, 0.6) is 11.6 Å². The first-order chi connectivity index (χ1) is 20.4. The largest absolute Gasteiger partial charge is 0.497 e. The predicted molar refractivity (Wildman–Crippen MR) is 162 cm³/mol. The van der Waals surface area contributed by atoms with Crippen molar-refractivity contribution in [3.05, 3.63) is 71.9 Å². The van der Waals surface area contributed by atoms with Crippen LogP contribution in [-0.2, 0) is 10.0 Å². The Morgan fingerprint density at radius 1 is 1.14 bits per heavy atom. The zero-order chi connectivity index (χ0) is 31.5. The van der Waals surface area contributed by atoms with Crippen molar-refractivity contribution in [1.82, 2.24) is 19.1 Å². The number of methoxy groups -OCH3 is 1. The number of pyridine rings is 1. The Kier molecular flexibility index (Phi) is 9.73. The van der Waals surface area contributed by atoms with Gasteiger partial charge in [-0.15, -0.1) is 0 Å². The third-order valence-electron chi connectivity index (χ3n) is 7.56. The molecule has 2 amide bonds. The molecule has 1 aliphatic rings. The summed E-state index contributed by atoms with van der Waals surface area (Å²) in [5, 5.41) is 9.97. The van der Waals surface area contributed by atoms with E-state index in [1.807, 2.05) is 13.0 Å². The minimum atomic E-state index is -3.90. The maximum Gasteiger partial charge on any atom is 0.259 e. The molecule has 2 heterocycles. The number of amides is 2. The Labute approximate surface area is 252 Å². The number of carbonyl (C=O) groups is 2. The average Bonchev–Trinajstić information content (AvgIpc) is 3.01. The summed E-state index contributed by atoms with van der Waals surface area (Å²) in [6, 6.07) is 14.4. The van der Waals surface area contributed by atoms with Crippen LogP contribution >= 0.6 is 0 Å². The van der Waals surface area contributed by atoms with Gasteiger partial charge in [-0.3, -0.25) is 9.59 Å². The number of hydrogen-bond donors (Lipinski definition) is 1. The van der Waals surface area contributed by atoms with E-state index in [-0.39, 0.29) is 53.8 Å². The molecule has 1 N–H and O–H groups in total. The monoisotopic (exact) mass is 610 g/mol. The Balaban J connectivity index is 1.72. The Morgan fingerprint density at radius 3 is 2.53 bits per heavy atom. The summed E-state index contributed by atoms with van der Waals surface area (Å²) in [5.41, 5.74) is 1.95. The number of sulfonamides is 1. The van der Waals surface area contributed by atoms with Crippen molar-refractivity contribution in [2.75, 3.05) is 47.9 Å². The smallest absolute Gasteiger partial charge is 0.259 e. The van der Waals surface area contributed by atoms with Gasteiger partial charge in [0.25, 0.3) is 11.8 Å². The van der Waals surface area contributed by atoms with E-state index >= 15 is 0 Å². The number of likely N-dealkylation sites (N-methyl/N-ethyl adjacent to an activating group) is 1. The average molecular weight is 611 g/mol. The predicted octanol–water partition coefficient (Wildman–Crippen LogP) is 3.00. The zero-order valence-corrected chi connectivity index (χ0v) is 26.0. The van der Waals surface area contributed by atoms with Crippen molar-refractivity contribution >= 4 is 21.8 Å². The molecule has 0 radical (unpaired) electrons. The minimum absolute atomic E-state index is 0.0200. The Morgan fingerprint density at radius 2 is 1.86 bits per heavy atom. The third-order valence-corrected chi connectivity index (χ3v) is 9.38. The summed E-state index contributed by atoms with van der Waals surface area (Å²) in [5.74, 6) is -0.359. The summed E-state index contributed by atoms with van der Waals surface area (Å²) in [6.07, 6.45) is 0.885. The number of rotatable bonds is 9. The van der Waals surface area contributed by atoms with Gasteiger partial charge in [0.2, 0.25) is 15.9 Å². The lowest BCUT2D eigenvalue weighted by atomic mass is 9.99. The van der Waals surface area contributed by atoms with Crippen LogP contribution in [0, 0.1) is 5.92 Å². The first-order valence-electron chi connectivity index (χ1n) is 13.9. The van der Waals surface area contributed by atoms with Crippen molar-refractivity contribution in [2.24, 2.45) is 5.92 Å². The van der Waals surface area contributed by atoms with Crippen LogP contribution in [0.2, 0.25) is 0 Å². The molecular formula is C31H38N4O7S. The van der Waals surface area contributed by atoms with Crippen LogP contribution in [0.1, 0.15) is 34.6 Å². The second kappa shape index (κ2) is 13.1. The van der Waals surface area contributed by atoms with Crippen LogP contribution in [0.4, 0.5) is 0 Å². The van der Waals surface area contributed by atoms with Gasteiger partial charge in [-0.2, -0.15) is 4.31 Å². The number of aliphatic hydroxyl groups excluding tert-OH is 1. The molecule has 230 valence electrons. The molecule has 0 unspecified atom stereocenters. The summed E-state index contributed by atoms with van der Waals surface area (Å²) in [6.45, 7) is 3.55. The van der Waals surface area contributed by atoms with E-state index < -0.39 is 22.2 Å². The van der Waals surface area contributed by atoms with E-state index in [2.05, 4.69) is 4.98 Å². The van der Waals surface area contributed by atoms with Crippen LogP contribution in [0.3, 0.4) is 0 Å². The molecular weight excluding hydrogens is 572 g/mol. The highest BCUT2D eigenvalue weighted by molar-refractivity contribution is 7.89. The summed E-state index contributed by atoms with van der Waals surface area (Å²) in [4.78, 5) is 34.0. The Hall–Kier alpha value is -4.00. The molecule has 3 aromatic rings.